The first-order chi connectivity index (χ1) is 16.0. The minimum Gasteiger partial charge on any atom is -0.507 e. The number of para-hydroxylation sites is 2. The van der Waals surface area contributed by atoms with Gasteiger partial charge in [-0.25, -0.2) is 0 Å². The standard InChI is InChI=1S/C26H23NO6/c1-31-19-12-8-7-11-18(19)27-23(16-9-5-4-6-10-16)22(25(29)26(27)30)24(28)17-13-14-20(32-2)21(15-17)33-3/h4-15,23,28H,1-3H3/b24-22-. The highest BCUT2D eigenvalue weighted by Crippen LogP contribution is 2.45. The Morgan fingerprint density at radius 1 is 0.788 bits per heavy atom. The van der Waals surface area contributed by atoms with Crippen molar-refractivity contribution in [2.75, 3.05) is 26.2 Å². The lowest BCUT2D eigenvalue weighted by Crippen LogP contribution is -2.29. The molecular formula is C26H23NO6. The number of aliphatic hydroxyl groups excluding tert-OH is 1. The fourth-order valence-electron chi connectivity index (χ4n) is 4.00. The first kappa shape index (κ1) is 22.0. The number of methoxy groups -OCH3 is 3. The Balaban J connectivity index is 1.95. The van der Waals surface area contributed by atoms with E-state index in [-0.39, 0.29) is 11.3 Å². The van der Waals surface area contributed by atoms with E-state index in [2.05, 4.69) is 0 Å². The number of hydrogen-bond acceptors (Lipinski definition) is 6. The van der Waals surface area contributed by atoms with Gasteiger partial charge in [0.15, 0.2) is 11.5 Å². The summed E-state index contributed by atoms with van der Waals surface area (Å²) in [6.07, 6.45) is 0. The van der Waals surface area contributed by atoms with Gasteiger partial charge < -0.3 is 19.3 Å². The molecule has 0 saturated carbocycles. The third-order valence-corrected chi connectivity index (χ3v) is 5.56. The molecule has 168 valence electrons. The molecular weight excluding hydrogens is 422 g/mol. The van der Waals surface area contributed by atoms with Crippen LogP contribution in [0.15, 0.2) is 78.4 Å². The third kappa shape index (κ3) is 3.78. The minimum atomic E-state index is -0.851. The molecule has 1 aliphatic rings. The zero-order valence-electron chi connectivity index (χ0n) is 18.4. The highest BCUT2D eigenvalue weighted by Gasteiger charge is 2.47. The highest BCUT2D eigenvalue weighted by molar-refractivity contribution is 6.51. The first-order valence-corrected chi connectivity index (χ1v) is 10.2. The molecule has 1 unspecified atom stereocenters. The van der Waals surface area contributed by atoms with E-state index in [0.717, 1.165) is 0 Å². The molecule has 1 fully saturated rings. The number of ketones is 1. The second-order valence-electron chi connectivity index (χ2n) is 7.32. The van der Waals surface area contributed by atoms with Gasteiger partial charge in [-0.1, -0.05) is 42.5 Å². The van der Waals surface area contributed by atoms with Gasteiger partial charge in [-0.2, -0.15) is 0 Å². The predicted octanol–water partition coefficient (Wildman–Crippen LogP) is 4.34. The Morgan fingerprint density at radius 3 is 2.09 bits per heavy atom. The van der Waals surface area contributed by atoms with Crippen LogP contribution >= 0.6 is 0 Å². The summed E-state index contributed by atoms with van der Waals surface area (Å²) in [4.78, 5) is 27.9. The lowest BCUT2D eigenvalue weighted by molar-refractivity contribution is -0.132. The molecule has 0 aromatic heterocycles. The Morgan fingerprint density at radius 2 is 1.42 bits per heavy atom. The SMILES string of the molecule is COc1ccc(/C(O)=C2/C(=O)C(=O)N(c3ccccc3OC)C2c2ccccc2)cc1OC. The zero-order chi connectivity index (χ0) is 23.5. The number of benzene rings is 3. The molecule has 1 heterocycles. The molecule has 4 rings (SSSR count). The summed E-state index contributed by atoms with van der Waals surface area (Å²) in [5.41, 5.74) is 1.41. The number of carbonyl (C=O) groups is 2. The molecule has 3 aromatic carbocycles. The average molecular weight is 445 g/mol. The summed E-state index contributed by atoms with van der Waals surface area (Å²) in [5, 5.41) is 11.3. The third-order valence-electron chi connectivity index (χ3n) is 5.56. The number of amides is 1. The second-order valence-corrected chi connectivity index (χ2v) is 7.32. The Bertz CT molecular complexity index is 1230. The summed E-state index contributed by atoms with van der Waals surface area (Å²) >= 11 is 0. The van der Waals surface area contributed by atoms with E-state index in [4.69, 9.17) is 14.2 Å². The molecule has 3 aromatic rings. The van der Waals surface area contributed by atoms with Crippen molar-refractivity contribution in [3.05, 3.63) is 89.5 Å². The van der Waals surface area contributed by atoms with Gasteiger partial charge in [0.05, 0.1) is 38.6 Å². The molecule has 1 amide bonds. The molecule has 0 bridgehead atoms. The van der Waals surface area contributed by atoms with Crippen molar-refractivity contribution in [2.24, 2.45) is 0 Å². The lowest BCUT2D eigenvalue weighted by atomic mass is 9.95. The van der Waals surface area contributed by atoms with Crippen LogP contribution in [0.3, 0.4) is 0 Å². The predicted molar refractivity (Wildman–Crippen MR) is 124 cm³/mol. The number of ether oxygens (including phenoxy) is 3. The summed E-state index contributed by atoms with van der Waals surface area (Å²) in [6.45, 7) is 0. The topological polar surface area (TPSA) is 85.3 Å². The second kappa shape index (κ2) is 9.08. The maximum atomic E-state index is 13.3. The van der Waals surface area contributed by atoms with Crippen molar-refractivity contribution in [3.8, 4) is 17.2 Å². The van der Waals surface area contributed by atoms with Gasteiger partial charge in [-0.3, -0.25) is 14.5 Å². The molecule has 7 heteroatoms. The van der Waals surface area contributed by atoms with Crippen LogP contribution in [0.2, 0.25) is 0 Å². The van der Waals surface area contributed by atoms with Gasteiger partial charge in [0.2, 0.25) is 0 Å². The van der Waals surface area contributed by atoms with Crippen LogP contribution < -0.4 is 19.1 Å². The van der Waals surface area contributed by atoms with Crippen molar-refractivity contribution in [2.45, 2.75) is 6.04 Å². The van der Waals surface area contributed by atoms with Crippen LogP contribution in [0.4, 0.5) is 5.69 Å². The Kier molecular flexibility index (Phi) is 6.04. The molecule has 1 N–H and O–H groups in total. The number of Topliss-reactive ketones (excluding diaryl/α,β-unsaturated/α-hetero) is 1. The van der Waals surface area contributed by atoms with Crippen molar-refractivity contribution >= 4 is 23.1 Å². The number of hydrogen-bond donors (Lipinski definition) is 1. The van der Waals surface area contributed by atoms with E-state index in [1.54, 1.807) is 54.6 Å². The van der Waals surface area contributed by atoms with Crippen LogP contribution in [0.5, 0.6) is 17.2 Å². The molecule has 1 saturated heterocycles. The smallest absolute Gasteiger partial charge is 0.300 e. The number of carbonyl (C=O) groups excluding carboxylic acids is 2. The largest absolute Gasteiger partial charge is 0.507 e. The molecule has 7 nitrogen and oxygen atoms in total. The summed E-state index contributed by atoms with van der Waals surface area (Å²) < 4.78 is 16.0. The van der Waals surface area contributed by atoms with Gasteiger partial charge in [-0.05, 0) is 35.9 Å². The van der Waals surface area contributed by atoms with E-state index in [1.807, 2.05) is 18.2 Å². The highest BCUT2D eigenvalue weighted by atomic mass is 16.5. The Labute approximate surface area is 191 Å². The number of anilines is 1. The fourth-order valence-corrected chi connectivity index (χ4v) is 4.00. The molecule has 1 atom stereocenters. The van der Waals surface area contributed by atoms with Crippen molar-refractivity contribution in [3.63, 3.8) is 0 Å². The van der Waals surface area contributed by atoms with E-state index in [9.17, 15) is 14.7 Å². The first-order valence-electron chi connectivity index (χ1n) is 10.2. The van der Waals surface area contributed by atoms with Gasteiger partial charge >= 0.3 is 0 Å². The van der Waals surface area contributed by atoms with Crippen LogP contribution in [0, 0.1) is 0 Å². The van der Waals surface area contributed by atoms with E-state index in [1.165, 1.54) is 26.2 Å². The zero-order valence-corrected chi connectivity index (χ0v) is 18.4. The Hall–Kier alpha value is -4.26. The normalized spacial score (nSPS) is 17.2. The van der Waals surface area contributed by atoms with Crippen LogP contribution in [0.1, 0.15) is 17.2 Å². The molecule has 1 aliphatic heterocycles. The van der Waals surface area contributed by atoms with Gasteiger partial charge in [0.25, 0.3) is 11.7 Å². The fraction of sp³-hybridized carbons (Fsp3) is 0.154. The summed E-state index contributed by atoms with van der Waals surface area (Å²) in [6, 6.07) is 20.0. The summed E-state index contributed by atoms with van der Waals surface area (Å²) in [5.74, 6) is -0.552. The van der Waals surface area contributed by atoms with Gasteiger partial charge in [0, 0.05) is 5.56 Å². The maximum absolute atomic E-state index is 13.3. The number of nitrogens with zero attached hydrogens (tertiary/aromatic N) is 1. The molecule has 0 radical (unpaired) electrons. The quantitative estimate of drug-likeness (QED) is 0.345. The maximum Gasteiger partial charge on any atom is 0.300 e. The monoisotopic (exact) mass is 445 g/mol. The number of rotatable bonds is 6. The van der Waals surface area contributed by atoms with Crippen molar-refractivity contribution in [1.29, 1.82) is 0 Å². The van der Waals surface area contributed by atoms with E-state index < -0.39 is 17.7 Å². The number of aliphatic hydroxyl groups is 1. The van der Waals surface area contributed by atoms with E-state index >= 15 is 0 Å². The van der Waals surface area contributed by atoms with Crippen LogP contribution in [-0.4, -0.2) is 38.1 Å². The van der Waals surface area contributed by atoms with Crippen molar-refractivity contribution in [1.82, 2.24) is 0 Å². The molecule has 0 spiro atoms. The van der Waals surface area contributed by atoms with Crippen molar-refractivity contribution < 1.29 is 28.9 Å². The molecule has 33 heavy (non-hydrogen) atoms. The van der Waals surface area contributed by atoms with E-state index in [0.29, 0.717) is 34.1 Å². The van der Waals surface area contributed by atoms with Crippen LogP contribution in [0.25, 0.3) is 5.76 Å². The molecule has 0 aliphatic carbocycles. The lowest BCUT2D eigenvalue weighted by Gasteiger charge is -2.26. The van der Waals surface area contributed by atoms with Gasteiger partial charge in [0.1, 0.15) is 11.5 Å². The minimum absolute atomic E-state index is 0.0238. The summed E-state index contributed by atoms with van der Waals surface area (Å²) in [7, 11) is 4.48. The van der Waals surface area contributed by atoms with Gasteiger partial charge in [-0.15, -0.1) is 0 Å². The average Bonchev–Trinajstić information content (AvgIpc) is 3.13. The van der Waals surface area contributed by atoms with Crippen LogP contribution in [-0.2, 0) is 9.59 Å².